The third kappa shape index (κ3) is 3.16. The van der Waals surface area contributed by atoms with Crippen LogP contribution in [0.15, 0.2) is 18.2 Å². The third-order valence-electron chi connectivity index (χ3n) is 2.89. The fraction of sp³-hybridized carbons (Fsp3) is 0.286. The summed E-state index contributed by atoms with van der Waals surface area (Å²) in [4.78, 5) is 0. The Labute approximate surface area is 127 Å². The highest BCUT2D eigenvalue weighted by molar-refractivity contribution is 7.97. The predicted molar refractivity (Wildman–Crippen MR) is 81.9 cm³/mol. The molecule has 0 aliphatic carbocycles. The molecule has 0 saturated heterocycles. The molecule has 2 aromatic rings. The van der Waals surface area contributed by atoms with Gasteiger partial charge in [-0.05, 0) is 31.2 Å². The van der Waals surface area contributed by atoms with Crippen LogP contribution < -0.4 is 4.74 Å². The van der Waals surface area contributed by atoms with Crippen molar-refractivity contribution in [3.8, 4) is 17.4 Å². The van der Waals surface area contributed by atoms with E-state index in [9.17, 15) is 5.11 Å². The topological polar surface area (TPSA) is 55.2 Å². The lowest BCUT2D eigenvalue weighted by atomic mass is 10.1. The maximum Gasteiger partial charge on any atom is 0.281 e. The summed E-state index contributed by atoms with van der Waals surface area (Å²) >= 11 is 7.37. The first-order valence-corrected chi connectivity index (χ1v) is 7.78. The first kappa shape index (κ1) is 14.9. The quantitative estimate of drug-likeness (QED) is 0.921. The van der Waals surface area contributed by atoms with E-state index in [1.165, 1.54) is 6.07 Å². The van der Waals surface area contributed by atoms with E-state index in [4.69, 9.17) is 16.3 Å². The molecule has 0 aliphatic heterocycles. The minimum absolute atomic E-state index is 0.0606. The van der Waals surface area contributed by atoms with Crippen LogP contribution in [0.25, 0.3) is 0 Å². The van der Waals surface area contributed by atoms with Crippen molar-refractivity contribution in [2.45, 2.75) is 19.6 Å². The lowest BCUT2D eigenvalue weighted by Crippen LogP contribution is -1.99. The molecule has 20 heavy (non-hydrogen) atoms. The molecule has 1 heterocycles. The standard InChI is InChI=1S/C14H15ClN2O2S/c1-8-4-5-9(2)13(10(8)7-20-3)19-14-11(18)6-12(15)16-17-14/h4-6H,7H2,1-3H3,(H,16,18). The number of halogens is 1. The Bertz CT molecular complexity index is 635. The Morgan fingerprint density at radius 3 is 2.60 bits per heavy atom. The summed E-state index contributed by atoms with van der Waals surface area (Å²) in [6.45, 7) is 3.99. The number of aryl methyl sites for hydroxylation is 2. The van der Waals surface area contributed by atoms with Crippen LogP contribution in [-0.4, -0.2) is 21.6 Å². The lowest BCUT2D eigenvalue weighted by molar-refractivity contribution is 0.388. The van der Waals surface area contributed by atoms with E-state index in [0.29, 0.717) is 5.75 Å². The van der Waals surface area contributed by atoms with E-state index in [1.54, 1.807) is 11.8 Å². The summed E-state index contributed by atoms with van der Waals surface area (Å²) in [6.07, 6.45) is 2.03. The van der Waals surface area contributed by atoms with Crippen molar-refractivity contribution < 1.29 is 9.84 Å². The normalized spacial score (nSPS) is 10.6. The van der Waals surface area contributed by atoms with Crippen LogP contribution >= 0.6 is 23.4 Å². The van der Waals surface area contributed by atoms with Crippen LogP contribution in [0.4, 0.5) is 0 Å². The van der Waals surface area contributed by atoms with Gasteiger partial charge in [0.05, 0.1) is 0 Å². The number of thioether (sulfide) groups is 1. The van der Waals surface area contributed by atoms with Gasteiger partial charge < -0.3 is 9.84 Å². The van der Waals surface area contributed by atoms with E-state index in [-0.39, 0.29) is 16.8 Å². The van der Waals surface area contributed by atoms with E-state index in [0.717, 1.165) is 22.4 Å². The highest BCUT2D eigenvalue weighted by atomic mass is 35.5. The lowest BCUT2D eigenvalue weighted by Gasteiger charge is -2.15. The molecule has 1 aromatic heterocycles. The molecule has 4 nitrogen and oxygen atoms in total. The van der Waals surface area contributed by atoms with Crippen LogP contribution in [0, 0.1) is 13.8 Å². The first-order chi connectivity index (χ1) is 9.52. The van der Waals surface area contributed by atoms with E-state index >= 15 is 0 Å². The zero-order valence-electron chi connectivity index (χ0n) is 11.5. The van der Waals surface area contributed by atoms with Gasteiger partial charge in [0.2, 0.25) is 0 Å². The minimum atomic E-state index is -0.124. The second kappa shape index (κ2) is 6.33. The number of benzene rings is 1. The molecule has 0 atom stereocenters. The van der Waals surface area contributed by atoms with Crippen LogP contribution in [-0.2, 0) is 5.75 Å². The molecular formula is C14H15ClN2O2S. The molecule has 6 heteroatoms. The van der Waals surface area contributed by atoms with Crippen molar-refractivity contribution in [2.24, 2.45) is 0 Å². The zero-order valence-corrected chi connectivity index (χ0v) is 13.0. The number of rotatable bonds is 4. The Hall–Kier alpha value is -1.46. The van der Waals surface area contributed by atoms with Crippen molar-refractivity contribution in [3.05, 3.63) is 40.0 Å². The van der Waals surface area contributed by atoms with Crippen LogP contribution in [0.3, 0.4) is 0 Å². The average Bonchev–Trinajstić information content (AvgIpc) is 2.40. The summed E-state index contributed by atoms with van der Waals surface area (Å²) in [5.74, 6) is 1.47. The van der Waals surface area contributed by atoms with Crippen LogP contribution in [0.2, 0.25) is 5.15 Å². The molecule has 106 valence electrons. The van der Waals surface area contributed by atoms with Crippen molar-refractivity contribution >= 4 is 23.4 Å². The monoisotopic (exact) mass is 310 g/mol. The average molecular weight is 311 g/mol. The summed E-state index contributed by atoms with van der Waals surface area (Å²) in [5.41, 5.74) is 3.21. The van der Waals surface area contributed by atoms with Crippen LogP contribution in [0.1, 0.15) is 16.7 Å². The molecule has 0 amide bonds. The Morgan fingerprint density at radius 2 is 1.95 bits per heavy atom. The predicted octanol–water partition coefficient (Wildman–Crippen LogP) is 4.11. The van der Waals surface area contributed by atoms with Gasteiger partial charge in [-0.2, -0.15) is 11.8 Å². The number of aromatic nitrogens is 2. The van der Waals surface area contributed by atoms with Crippen molar-refractivity contribution in [3.63, 3.8) is 0 Å². The van der Waals surface area contributed by atoms with Crippen molar-refractivity contribution in [1.82, 2.24) is 10.2 Å². The molecule has 0 saturated carbocycles. The molecular weight excluding hydrogens is 296 g/mol. The van der Waals surface area contributed by atoms with Crippen LogP contribution in [0.5, 0.6) is 17.4 Å². The molecule has 0 radical (unpaired) electrons. The largest absolute Gasteiger partial charge is 0.503 e. The molecule has 0 bridgehead atoms. The number of hydrogen-bond acceptors (Lipinski definition) is 5. The van der Waals surface area contributed by atoms with E-state index < -0.39 is 0 Å². The van der Waals surface area contributed by atoms with E-state index in [2.05, 4.69) is 16.3 Å². The molecule has 0 unspecified atom stereocenters. The fourth-order valence-corrected chi connectivity index (χ4v) is 2.61. The third-order valence-corrected chi connectivity index (χ3v) is 3.65. The second-order valence-electron chi connectivity index (χ2n) is 4.40. The highest BCUT2D eigenvalue weighted by Crippen LogP contribution is 2.35. The van der Waals surface area contributed by atoms with Crippen molar-refractivity contribution in [2.75, 3.05) is 6.26 Å². The van der Waals surface area contributed by atoms with Crippen molar-refractivity contribution in [1.29, 1.82) is 0 Å². The molecule has 0 fully saturated rings. The maximum atomic E-state index is 9.82. The van der Waals surface area contributed by atoms with Gasteiger partial charge in [-0.15, -0.1) is 10.2 Å². The molecule has 0 aliphatic rings. The second-order valence-corrected chi connectivity index (χ2v) is 5.65. The van der Waals surface area contributed by atoms with Gasteiger partial charge in [-0.3, -0.25) is 0 Å². The van der Waals surface area contributed by atoms with Gasteiger partial charge in [0.1, 0.15) is 5.75 Å². The minimum Gasteiger partial charge on any atom is -0.503 e. The summed E-state index contributed by atoms with van der Waals surface area (Å²) in [5, 5.41) is 17.4. The molecule has 1 aromatic carbocycles. The van der Waals surface area contributed by atoms with Gasteiger partial charge >= 0.3 is 0 Å². The maximum absolute atomic E-state index is 9.82. The summed E-state index contributed by atoms with van der Waals surface area (Å²) in [6, 6.07) is 5.35. The summed E-state index contributed by atoms with van der Waals surface area (Å²) < 4.78 is 5.76. The number of nitrogens with zero attached hydrogens (tertiary/aromatic N) is 2. The number of ether oxygens (including phenoxy) is 1. The molecule has 2 rings (SSSR count). The Kier molecular flexibility index (Phi) is 4.73. The highest BCUT2D eigenvalue weighted by Gasteiger charge is 2.14. The Balaban J connectivity index is 2.44. The SMILES string of the molecule is CSCc1c(C)ccc(C)c1Oc1nnc(Cl)cc1O. The van der Waals surface area contributed by atoms with Gasteiger partial charge in [0, 0.05) is 17.4 Å². The number of aromatic hydroxyl groups is 1. The van der Waals surface area contributed by atoms with Gasteiger partial charge in [0.15, 0.2) is 10.9 Å². The van der Waals surface area contributed by atoms with Gasteiger partial charge in [-0.25, -0.2) is 0 Å². The number of hydrogen-bond donors (Lipinski definition) is 1. The molecule has 0 spiro atoms. The summed E-state index contributed by atoms with van der Waals surface area (Å²) in [7, 11) is 0. The smallest absolute Gasteiger partial charge is 0.281 e. The van der Waals surface area contributed by atoms with E-state index in [1.807, 2.05) is 26.2 Å². The zero-order chi connectivity index (χ0) is 14.7. The molecule has 1 N–H and O–H groups in total. The van der Waals surface area contributed by atoms with Gasteiger partial charge in [0.25, 0.3) is 5.88 Å². The fourth-order valence-electron chi connectivity index (χ4n) is 1.83. The first-order valence-electron chi connectivity index (χ1n) is 6.01. The van der Waals surface area contributed by atoms with Gasteiger partial charge in [-0.1, -0.05) is 23.7 Å². The Morgan fingerprint density at radius 1 is 1.25 bits per heavy atom.